The molecule has 18 heavy (non-hydrogen) atoms. The molecule has 3 rings (SSSR count). The third kappa shape index (κ3) is 2.18. The number of benzene rings is 2. The molecule has 1 aliphatic rings. The predicted molar refractivity (Wildman–Crippen MR) is 72.5 cm³/mol. The summed E-state index contributed by atoms with van der Waals surface area (Å²) < 4.78 is 10.7. The molecule has 0 atom stereocenters. The normalized spacial score (nSPS) is 12.7. The number of hydrogen-bond donors (Lipinski definition) is 0. The molecule has 0 unspecified atom stereocenters. The van der Waals surface area contributed by atoms with Crippen LogP contribution >= 0.6 is 11.8 Å². The fraction of sp³-hybridized carbons (Fsp3) is 0.200. The monoisotopic (exact) mass is 258 g/mol. The van der Waals surface area contributed by atoms with E-state index >= 15 is 0 Å². The van der Waals surface area contributed by atoms with Crippen LogP contribution in [-0.4, -0.2) is 6.79 Å². The van der Waals surface area contributed by atoms with Gasteiger partial charge in [0.05, 0.1) is 0 Å². The molecule has 2 nitrogen and oxygen atoms in total. The Morgan fingerprint density at radius 3 is 2.78 bits per heavy atom. The second-order valence-corrected chi connectivity index (χ2v) is 5.19. The molecule has 3 heteroatoms. The minimum absolute atomic E-state index is 0.328. The molecule has 0 aromatic heterocycles. The lowest BCUT2D eigenvalue weighted by molar-refractivity contribution is 0.174. The summed E-state index contributed by atoms with van der Waals surface area (Å²) in [7, 11) is 0. The molecule has 0 bridgehead atoms. The van der Waals surface area contributed by atoms with Gasteiger partial charge in [-0.3, -0.25) is 0 Å². The highest BCUT2D eigenvalue weighted by molar-refractivity contribution is 7.99. The standard InChI is InChI=1S/C15H14O2S/c1-2-11-5-3-4-6-15(11)18-12-7-8-13-14(9-12)17-10-16-13/h3-9H,2,10H2,1H3. The number of hydrogen-bond acceptors (Lipinski definition) is 3. The quantitative estimate of drug-likeness (QED) is 0.824. The van der Waals surface area contributed by atoms with Gasteiger partial charge in [-0.25, -0.2) is 0 Å². The molecule has 1 heterocycles. The van der Waals surface area contributed by atoms with E-state index in [0.29, 0.717) is 6.79 Å². The van der Waals surface area contributed by atoms with Crippen molar-refractivity contribution in [2.45, 2.75) is 23.1 Å². The van der Waals surface area contributed by atoms with Crippen molar-refractivity contribution >= 4 is 11.8 Å². The van der Waals surface area contributed by atoms with Gasteiger partial charge in [-0.2, -0.15) is 0 Å². The topological polar surface area (TPSA) is 18.5 Å². The average molecular weight is 258 g/mol. The Bertz CT molecular complexity index is 566. The van der Waals surface area contributed by atoms with Gasteiger partial charge in [-0.05, 0) is 36.2 Å². The Morgan fingerprint density at radius 1 is 1.06 bits per heavy atom. The molecule has 2 aromatic carbocycles. The van der Waals surface area contributed by atoms with E-state index in [1.54, 1.807) is 11.8 Å². The van der Waals surface area contributed by atoms with Crippen LogP contribution in [0.3, 0.4) is 0 Å². The van der Waals surface area contributed by atoms with E-state index in [0.717, 1.165) is 17.9 Å². The molecule has 0 aliphatic carbocycles. The molecule has 0 fully saturated rings. The summed E-state index contributed by atoms with van der Waals surface area (Å²) in [5, 5.41) is 0. The zero-order valence-corrected chi connectivity index (χ0v) is 11.0. The Kier molecular flexibility index (Phi) is 3.15. The first-order chi connectivity index (χ1) is 8.86. The van der Waals surface area contributed by atoms with Gasteiger partial charge in [-0.15, -0.1) is 0 Å². The number of fused-ring (bicyclic) bond motifs is 1. The van der Waals surface area contributed by atoms with E-state index < -0.39 is 0 Å². The van der Waals surface area contributed by atoms with Crippen LogP contribution in [0.4, 0.5) is 0 Å². The number of ether oxygens (including phenoxy) is 2. The van der Waals surface area contributed by atoms with Gasteiger partial charge in [-0.1, -0.05) is 36.9 Å². The smallest absolute Gasteiger partial charge is 0.231 e. The first kappa shape index (κ1) is 11.5. The maximum atomic E-state index is 5.40. The fourth-order valence-electron chi connectivity index (χ4n) is 1.96. The van der Waals surface area contributed by atoms with Crippen molar-refractivity contribution in [2.24, 2.45) is 0 Å². The van der Waals surface area contributed by atoms with Gasteiger partial charge >= 0.3 is 0 Å². The summed E-state index contributed by atoms with van der Waals surface area (Å²) in [6.45, 7) is 2.51. The molecular weight excluding hydrogens is 244 g/mol. The molecule has 0 saturated heterocycles. The van der Waals surface area contributed by atoms with Gasteiger partial charge in [0, 0.05) is 9.79 Å². The van der Waals surface area contributed by atoms with Crippen LogP contribution < -0.4 is 9.47 Å². The van der Waals surface area contributed by atoms with Crippen LogP contribution in [0.1, 0.15) is 12.5 Å². The number of rotatable bonds is 3. The molecular formula is C15H14O2S. The van der Waals surface area contributed by atoms with E-state index in [4.69, 9.17) is 9.47 Å². The van der Waals surface area contributed by atoms with Crippen molar-refractivity contribution in [3.05, 3.63) is 48.0 Å². The molecule has 1 aliphatic heterocycles. The molecule has 0 amide bonds. The largest absolute Gasteiger partial charge is 0.454 e. The number of aryl methyl sites for hydroxylation is 1. The van der Waals surface area contributed by atoms with Crippen LogP contribution in [0.2, 0.25) is 0 Å². The summed E-state index contributed by atoms with van der Waals surface area (Å²) in [4.78, 5) is 2.49. The summed E-state index contributed by atoms with van der Waals surface area (Å²) in [5.74, 6) is 1.68. The summed E-state index contributed by atoms with van der Waals surface area (Å²) >= 11 is 1.77. The Hall–Kier alpha value is -1.61. The third-order valence-electron chi connectivity index (χ3n) is 2.93. The lowest BCUT2D eigenvalue weighted by Crippen LogP contribution is -1.92. The Morgan fingerprint density at radius 2 is 1.89 bits per heavy atom. The summed E-state index contributed by atoms with van der Waals surface area (Å²) in [6.07, 6.45) is 1.05. The zero-order valence-electron chi connectivity index (χ0n) is 10.2. The third-order valence-corrected chi connectivity index (χ3v) is 4.03. The second kappa shape index (κ2) is 4.94. The van der Waals surface area contributed by atoms with E-state index in [9.17, 15) is 0 Å². The van der Waals surface area contributed by atoms with Gasteiger partial charge in [0.1, 0.15) is 0 Å². The molecule has 2 aromatic rings. The second-order valence-electron chi connectivity index (χ2n) is 4.08. The molecule has 0 saturated carbocycles. The first-order valence-corrected chi connectivity index (χ1v) is 6.84. The maximum Gasteiger partial charge on any atom is 0.231 e. The molecule has 0 N–H and O–H groups in total. The van der Waals surface area contributed by atoms with Gasteiger partial charge in [0.25, 0.3) is 0 Å². The lowest BCUT2D eigenvalue weighted by Gasteiger charge is -2.07. The van der Waals surface area contributed by atoms with Crippen LogP contribution in [0, 0.1) is 0 Å². The Balaban J connectivity index is 1.88. The van der Waals surface area contributed by atoms with Crippen molar-refractivity contribution in [1.82, 2.24) is 0 Å². The van der Waals surface area contributed by atoms with E-state index in [1.165, 1.54) is 15.4 Å². The summed E-state index contributed by atoms with van der Waals surface area (Å²) in [5.41, 5.74) is 1.38. The average Bonchev–Trinajstić information content (AvgIpc) is 2.87. The molecule has 92 valence electrons. The summed E-state index contributed by atoms with van der Waals surface area (Å²) in [6, 6.07) is 14.6. The van der Waals surface area contributed by atoms with E-state index in [1.807, 2.05) is 12.1 Å². The van der Waals surface area contributed by atoms with Crippen molar-refractivity contribution in [3.63, 3.8) is 0 Å². The first-order valence-electron chi connectivity index (χ1n) is 6.02. The lowest BCUT2D eigenvalue weighted by atomic mass is 10.2. The highest BCUT2D eigenvalue weighted by Gasteiger charge is 2.13. The van der Waals surface area contributed by atoms with Gasteiger partial charge in [0.2, 0.25) is 6.79 Å². The highest BCUT2D eigenvalue weighted by atomic mass is 32.2. The van der Waals surface area contributed by atoms with Crippen LogP contribution in [-0.2, 0) is 6.42 Å². The highest BCUT2D eigenvalue weighted by Crippen LogP contribution is 2.38. The minimum Gasteiger partial charge on any atom is -0.454 e. The van der Waals surface area contributed by atoms with Crippen LogP contribution in [0.25, 0.3) is 0 Å². The van der Waals surface area contributed by atoms with Crippen molar-refractivity contribution in [3.8, 4) is 11.5 Å². The van der Waals surface area contributed by atoms with Crippen LogP contribution in [0.15, 0.2) is 52.3 Å². The minimum atomic E-state index is 0.328. The maximum absolute atomic E-state index is 5.40. The SMILES string of the molecule is CCc1ccccc1Sc1ccc2c(c1)OCO2. The van der Waals surface area contributed by atoms with Crippen LogP contribution in [0.5, 0.6) is 11.5 Å². The van der Waals surface area contributed by atoms with Crippen molar-refractivity contribution < 1.29 is 9.47 Å². The molecule has 0 radical (unpaired) electrons. The molecule has 0 spiro atoms. The van der Waals surface area contributed by atoms with Gasteiger partial charge < -0.3 is 9.47 Å². The predicted octanol–water partition coefficient (Wildman–Crippen LogP) is 4.13. The fourth-order valence-corrected chi connectivity index (χ4v) is 3.01. The van der Waals surface area contributed by atoms with Crippen molar-refractivity contribution in [1.29, 1.82) is 0 Å². The van der Waals surface area contributed by atoms with Crippen molar-refractivity contribution in [2.75, 3.05) is 6.79 Å². The van der Waals surface area contributed by atoms with E-state index in [-0.39, 0.29) is 0 Å². The zero-order chi connectivity index (χ0) is 12.4. The van der Waals surface area contributed by atoms with Gasteiger partial charge in [0.15, 0.2) is 11.5 Å². The van der Waals surface area contributed by atoms with E-state index in [2.05, 4.69) is 37.3 Å². The Labute approximate surface area is 111 Å².